The Bertz CT molecular complexity index is 134. The first-order valence-electron chi connectivity index (χ1n) is 3.53. The summed E-state index contributed by atoms with van der Waals surface area (Å²) in [6.45, 7) is 5.69. The molecule has 0 aliphatic carbocycles. The fourth-order valence-electron chi connectivity index (χ4n) is 0.616. The summed E-state index contributed by atoms with van der Waals surface area (Å²) in [4.78, 5) is 0. The molecule has 0 aromatic heterocycles. The zero-order valence-corrected chi connectivity index (χ0v) is 9.38. The molecule has 0 spiro atoms. The molecular weight excluding hydrogens is 202 g/mol. The van der Waals surface area contributed by atoms with E-state index < -0.39 is 6.63 Å². The molecule has 4 heteroatoms. The molecule has 0 rings (SSSR count). The topological polar surface area (TPSA) is 9.23 Å². The van der Waals surface area contributed by atoms with E-state index in [1.54, 1.807) is 5.82 Å². The van der Waals surface area contributed by atoms with Gasteiger partial charge in [0.05, 0.1) is 6.61 Å². The van der Waals surface area contributed by atoms with Crippen LogP contribution in [0.25, 0.3) is 0 Å². The van der Waals surface area contributed by atoms with Gasteiger partial charge in [0.1, 0.15) is 12.4 Å². The molecule has 0 saturated carbocycles. The normalized spacial score (nSPS) is 12.8. The highest BCUT2D eigenvalue weighted by Gasteiger charge is 2.05. The molecule has 1 nitrogen and oxygen atoms in total. The Hall–Kier alpha value is 0.550. The Morgan fingerprint density at radius 2 is 2.09 bits per heavy atom. The molecular formula is C7H13Cl2OP. The minimum Gasteiger partial charge on any atom is -0.498 e. The Labute approximate surface area is 79.0 Å². The van der Waals surface area contributed by atoms with Crippen LogP contribution < -0.4 is 0 Å². The van der Waals surface area contributed by atoms with E-state index in [-0.39, 0.29) is 0 Å². The van der Waals surface area contributed by atoms with E-state index in [0.29, 0.717) is 12.5 Å². The lowest BCUT2D eigenvalue weighted by Crippen LogP contribution is -1.98. The number of ether oxygens (including phenoxy) is 1. The van der Waals surface area contributed by atoms with Gasteiger partial charge >= 0.3 is 0 Å². The van der Waals surface area contributed by atoms with Crippen LogP contribution in [0, 0.1) is 5.92 Å². The van der Waals surface area contributed by atoms with Crippen molar-refractivity contribution in [2.75, 3.05) is 6.61 Å². The summed E-state index contributed by atoms with van der Waals surface area (Å²) in [6, 6.07) is 0. The predicted molar refractivity (Wildman–Crippen MR) is 53.2 cm³/mol. The molecule has 0 N–H and O–H groups in total. The Kier molecular flexibility index (Phi) is 6.41. The molecule has 0 aliphatic rings. The maximum absolute atomic E-state index is 5.63. The lowest BCUT2D eigenvalue weighted by atomic mass is 10.2. The largest absolute Gasteiger partial charge is 0.498 e. The van der Waals surface area contributed by atoms with E-state index in [1.165, 1.54) is 0 Å². The van der Waals surface area contributed by atoms with E-state index in [9.17, 15) is 0 Å². The maximum atomic E-state index is 5.63. The van der Waals surface area contributed by atoms with Gasteiger partial charge in [-0.25, -0.2) is 0 Å². The van der Waals surface area contributed by atoms with Crippen molar-refractivity contribution in [3.8, 4) is 0 Å². The molecule has 0 radical (unpaired) electrons. The lowest BCUT2D eigenvalue weighted by molar-refractivity contribution is 0.201. The van der Waals surface area contributed by atoms with Crippen molar-refractivity contribution in [2.45, 2.75) is 20.8 Å². The van der Waals surface area contributed by atoms with Gasteiger partial charge in [0.2, 0.25) is 0 Å². The van der Waals surface area contributed by atoms with E-state index in [4.69, 9.17) is 27.2 Å². The van der Waals surface area contributed by atoms with Crippen molar-refractivity contribution in [2.24, 2.45) is 5.92 Å². The van der Waals surface area contributed by atoms with Crippen LogP contribution in [0.2, 0.25) is 0 Å². The molecule has 0 atom stereocenters. The van der Waals surface area contributed by atoms with E-state index in [2.05, 4.69) is 0 Å². The van der Waals surface area contributed by atoms with Crippen molar-refractivity contribution >= 4 is 29.1 Å². The molecule has 0 unspecified atom stereocenters. The van der Waals surface area contributed by atoms with E-state index in [0.717, 1.165) is 5.76 Å². The zero-order valence-electron chi connectivity index (χ0n) is 6.97. The smallest absolute Gasteiger partial charge is 0.112 e. The molecule has 0 bridgehead atoms. The van der Waals surface area contributed by atoms with Crippen LogP contribution in [0.1, 0.15) is 20.8 Å². The standard InChI is InChI=1S/C7H13Cl2OP/c1-4-10-7(6(2)3)5-11(8)9/h5-6H,4H2,1-3H3/b7-5+. The third-order valence-electron chi connectivity index (χ3n) is 1.10. The van der Waals surface area contributed by atoms with Gasteiger partial charge in [-0.05, 0) is 6.92 Å². The fraction of sp³-hybridized carbons (Fsp3) is 0.714. The summed E-state index contributed by atoms with van der Waals surface area (Å²) in [5, 5.41) is 0. The monoisotopic (exact) mass is 214 g/mol. The highest BCUT2D eigenvalue weighted by atomic mass is 35.9. The van der Waals surface area contributed by atoms with Crippen LogP contribution in [-0.2, 0) is 4.74 Å². The van der Waals surface area contributed by atoms with Gasteiger partial charge in [0, 0.05) is 11.7 Å². The van der Waals surface area contributed by atoms with Crippen LogP contribution in [-0.4, -0.2) is 6.61 Å². The highest BCUT2D eigenvalue weighted by Crippen LogP contribution is 2.49. The predicted octanol–water partition coefficient (Wildman–Crippen LogP) is 4.31. The van der Waals surface area contributed by atoms with Crippen LogP contribution in [0.4, 0.5) is 0 Å². The first-order valence-corrected chi connectivity index (χ1v) is 6.75. The average molecular weight is 215 g/mol. The second-order valence-electron chi connectivity index (χ2n) is 2.38. The second kappa shape index (κ2) is 6.11. The first-order chi connectivity index (χ1) is 5.07. The summed E-state index contributed by atoms with van der Waals surface area (Å²) in [7, 11) is 0. The quantitative estimate of drug-likeness (QED) is 0.501. The van der Waals surface area contributed by atoms with Gasteiger partial charge in [0.25, 0.3) is 0 Å². The van der Waals surface area contributed by atoms with Crippen molar-refractivity contribution < 1.29 is 4.74 Å². The fourth-order valence-corrected chi connectivity index (χ4v) is 1.76. The first kappa shape index (κ1) is 11.6. The maximum Gasteiger partial charge on any atom is 0.112 e. The highest BCUT2D eigenvalue weighted by molar-refractivity contribution is 8.06. The minimum absolute atomic E-state index is 0.359. The minimum atomic E-state index is -1.03. The molecule has 0 fully saturated rings. The molecule has 0 heterocycles. The van der Waals surface area contributed by atoms with E-state index in [1.807, 2.05) is 20.8 Å². The van der Waals surface area contributed by atoms with Gasteiger partial charge in [0.15, 0.2) is 0 Å². The second-order valence-corrected chi connectivity index (χ2v) is 5.86. The van der Waals surface area contributed by atoms with Gasteiger partial charge in [-0.3, -0.25) is 0 Å². The van der Waals surface area contributed by atoms with Crippen LogP contribution in [0.3, 0.4) is 0 Å². The third-order valence-corrected chi connectivity index (χ3v) is 2.14. The molecule has 0 saturated heterocycles. The summed E-state index contributed by atoms with van der Waals surface area (Å²) >= 11 is 11.3. The van der Waals surface area contributed by atoms with Gasteiger partial charge in [-0.2, -0.15) is 0 Å². The van der Waals surface area contributed by atoms with Gasteiger partial charge < -0.3 is 4.74 Å². The number of hydrogen-bond donors (Lipinski definition) is 0. The molecule has 0 amide bonds. The van der Waals surface area contributed by atoms with Crippen LogP contribution in [0.5, 0.6) is 0 Å². The van der Waals surface area contributed by atoms with Crippen molar-refractivity contribution in [1.82, 2.24) is 0 Å². The molecule has 66 valence electrons. The number of halogens is 2. The summed E-state index contributed by atoms with van der Waals surface area (Å²) in [5.41, 5.74) is 0. The number of rotatable bonds is 4. The van der Waals surface area contributed by atoms with Gasteiger partial charge in [-0.15, -0.1) is 0 Å². The Balaban J connectivity index is 4.08. The third kappa shape index (κ3) is 5.78. The number of hydrogen-bond acceptors (Lipinski definition) is 1. The molecule has 0 aromatic rings. The van der Waals surface area contributed by atoms with Crippen molar-refractivity contribution in [3.05, 3.63) is 11.6 Å². The van der Waals surface area contributed by atoms with Crippen molar-refractivity contribution in [3.63, 3.8) is 0 Å². The van der Waals surface area contributed by atoms with Crippen LogP contribution in [0.15, 0.2) is 11.6 Å². The average Bonchev–Trinajstić information content (AvgIpc) is 1.86. The molecule has 0 aromatic carbocycles. The van der Waals surface area contributed by atoms with Crippen LogP contribution >= 0.6 is 29.1 Å². The SMILES string of the molecule is CCO/C(=C/P(Cl)Cl)C(C)C. The zero-order chi connectivity index (χ0) is 8.85. The number of allylic oxidation sites excluding steroid dienone is 1. The van der Waals surface area contributed by atoms with E-state index >= 15 is 0 Å². The van der Waals surface area contributed by atoms with Crippen molar-refractivity contribution in [1.29, 1.82) is 0 Å². The lowest BCUT2D eigenvalue weighted by Gasteiger charge is -2.11. The Morgan fingerprint density at radius 3 is 2.36 bits per heavy atom. The summed E-state index contributed by atoms with van der Waals surface area (Å²) < 4.78 is 5.32. The Morgan fingerprint density at radius 1 is 1.55 bits per heavy atom. The van der Waals surface area contributed by atoms with Gasteiger partial charge in [-0.1, -0.05) is 36.3 Å². The molecule has 0 aliphatic heterocycles. The summed E-state index contributed by atoms with van der Waals surface area (Å²) in [6.07, 6.45) is 0. The summed E-state index contributed by atoms with van der Waals surface area (Å²) in [5.74, 6) is 3.04. The molecule has 11 heavy (non-hydrogen) atoms.